The molecular weight excluding hydrogens is 902 g/mol. The third-order valence-corrected chi connectivity index (χ3v) is 12.9. The summed E-state index contributed by atoms with van der Waals surface area (Å²) < 4.78 is 45.9. The zero-order valence-corrected chi connectivity index (χ0v) is 38.0. The SMILES string of the molecule is Cc1c(Cl)cccc1OCCOC(=O)N1CCCOc2c(-c3cnn(Cc4c(F)cc(C(=O)N[C@](CCN5CCOCC5)(C(=O)O)C(CCN5CCOCC5)C(=O)O)cc4Cl)c3)cccc21. The number of halogens is 3. The van der Waals surface area contributed by atoms with Crippen LogP contribution in [0.2, 0.25) is 10.0 Å². The number of aliphatic carboxylic acids is 2. The molecule has 66 heavy (non-hydrogen) atoms. The van der Waals surface area contributed by atoms with Gasteiger partial charge in [0.1, 0.15) is 24.8 Å². The van der Waals surface area contributed by atoms with E-state index in [9.17, 15) is 29.4 Å². The molecule has 3 aliphatic heterocycles. The number of carbonyl (C=O) groups is 4. The summed E-state index contributed by atoms with van der Waals surface area (Å²) >= 11 is 12.9. The fraction of sp³-hybridized carbons (Fsp3) is 0.457. The Kier molecular flexibility index (Phi) is 16.4. The van der Waals surface area contributed by atoms with Crippen molar-refractivity contribution in [2.24, 2.45) is 5.92 Å². The summed E-state index contributed by atoms with van der Waals surface area (Å²) in [4.78, 5) is 59.1. The number of morpholine rings is 2. The number of rotatable bonds is 18. The molecule has 2 amide bonds. The third-order valence-electron chi connectivity index (χ3n) is 12.1. The number of aromatic nitrogens is 2. The highest BCUT2D eigenvalue weighted by atomic mass is 35.5. The molecule has 3 aromatic carbocycles. The number of nitrogens with one attached hydrogen (secondary N) is 1. The molecule has 0 bridgehead atoms. The molecule has 3 aliphatic rings. The van der Waals surface area contributed by atoms with E-state index in [1.165, 1.54) is 15.6 Å². The van der Waals surface area contributed by atoms with E-state index >= 15 is 4.39 Å². The van der Waals surface area contributed by atoms with Gasteiger partial charge in [-0.1, -0.05) is 41.4 Å². The second-order valence-electron chi connectivity index (χ2n) is 16.2. The minimum Gasteiger partial charge on any atom is -0.491 e. The Labute approximate surface area is 391 Å². The molecule has 20 heteroatoms. The number of para-hydroxylation sites is 1. The van der Waals surface area contributed by atoms with Crippen LogP contribution in [0.1, 0.15) is 40.7 Å². The predicted octanol–water partition coefficient (Wildman–Crippen LogP) is 5.86. The van der Waals surface area contributed by atoms with Crippen molar-refractivity contribution in [2.45, 2.75) is 38.3 Å². The molecule has 1 unspecified atom stereocenters. The van der Waals surface area contributed by atoms with Crippen LogP contribution in [0.25, 0.3) is 11.1 Å². The number of amides is 2. The van der Waals surface area contributed by atoms with Crippen molar-refractivity contribution in [3.63, 3.8) is 0 Å². The minimum atomic E-state index is -2.26. The van der Waals surface area contributed by atoms with Crippen molar-refractivity contribution >= 4 is 52.8 Å². The maximum Gasteiger partial charge on any atom is 0.414 e. The lowest BCUT2D eigenvalue weighted by atomic mass is 9.78. The Balaban J connectivity index is 1.06. The number of carbonyl (C=O) groups excluding carboxylic acids is 2. The Hall–Kier alpha value is -5.50. The second-order valence-corrected chi connectivity index (χ2v) is 17.1. The highest BCUT2D eigenvalue weighted by Gasteiger charge is 2.51. The molecule has 4 heterocycles. The van der Waals surface area contributed by atoms with E-state index in [1.807, 2.05) is 22.8 Å². The van der Waals surface area contributed by atoms with Crippen molar-refractivity contribution in [3.8, 4) is 22.6 Å². The summed E-state index contributed by atoms with van der Waals surface area (Å²) in [7, 11) is 0. The topological polar surface area (TPSA) is 194 Å². The van der Waals surface area contributed by atoms with Crippen LogP contribution in [0.5, 0.6) is 11.5 Å². The van der Waals surface area contributed by atoms with Crippen LogP contribution in [0.15, 0.2) is 60.9 Å². The molecular formula is C46H53Cl2FN6O11. The number of carboxylic acid groups (broad SMARTS) is 2. The zero-order valence-electron chi connectivity index (χ0n) is 36.5. The van der Waals surface area contributed by atoms with Gasteiger partial charge in [-0.25, -0.2) is 14.0 Å². The van der Waals surface area contributed by atoms with Crippen LogP contribution >= 0.6 is 23.2 Å². The molecule has 354 valence electrons. The Bertz CT molecular complexity index is 2350. The predicted molar refractivity (Wildman–Crippen MR) is 241 cm³/mol. The average molecular weight is 956 g/mol. The van der Waals surface area contributed by atoms with Crippen molar-refractivity contribution in [2.75, 3.05) is 97.0 Å². The van der Waals surface area contributed by atoms with Crippen molar-refractivity contribution in [3.05, 3.63) is 93.5 Å². The quantitative estimate of drug-likeness (QED) is 0.101. The number of hydrogen-bond acceptors (Lipinski definition) is 12. The van der Waals surface area contributed by atoms with Gasteiger partial charge >= 0.3 is 18.0 Å². The summed E-state index contributed by atoms with van der Waals surface area (Å²) in [6.07, 6.45) is 2.88. The van der Waals surface area contributed by atoms with E-state index < -0.39 is 41.2 Å². The van der Waals surface area contributed by atoms with E-state index in [-0.39, 0.29) is 61.8 Å². The van der Waals surface area contributed by atoms with Gasteiger partial charge in [-0.3, -0.25) is 29.0 Å². The molecule has 3 N–H and O–H groups in total. The van der Waals surface area contributed by atoms with Gasteiger partial charge in [-0.15, -0.1) is 0 Å². The molecule has 17 nitrogen and oxygen atoms in total. The van der Waals surface area contributed by atoms with Crippen LogP contribution in [0.4, 0.5) is 14.9 Å². The van der Waals surface area contributed by atoms with E-state index in [2.05, 4.69) is 10.4 Å². The molecule has 2 fully saturated rings. The highest BCUT2D eigenvalue weighted by molar-refractivity contribution is 6.32. The first-order chi connectivity index (χ1) is 31.8. The molecule has 7 rings (SSSR count). The first-order valence-electron chi connectivity index (χ1n) is 21.8. The number of hydrogen-bond donors (Lipinski definition) is 3. The van der Waals surface area contributed by atoms with Crippen molar-refractivity contribution < 1.29 is 57.5 Å². The van der Waals surface area contributed by atoms with E-state index in [4.69, 9.17) is 46.9 Å². The lowest BCUT2D eigenvalue weighted by molar-refractivity contribution is -0.158. The Morgan fingerprint density at radius 2 is 1.62 bits per heavy atom. The van der Waals surface area contributed by atoms with E-state index in [0.29, 0.717) is 106 Å². The maximum absolute atomic E-state index is 16.1. The van der Waals surface area contributed by atoms with E-state index in [0.717, 1.165) is 11.6 Å². The van der Waals surface area contributed by atoms with Crippen molar-refractivity contribution in [1.82, 2.24) is 24.9 Å². The minimum absolute atomic E-state index is 0.000156. The fourth-order valence-corrected chi connectivity index (χ4v) is 8.78. The Morgan fingerprint density at radius 3 is 2.32 bits per heavy atom. The molecule has 0 aliphatic carbocycles. The molecule has 4 aromatic rings. The Morgan fingerprint density at radius 1 is 0.909 bits per heavy atom. The third kappa shape index (κ3) is 11.5. The number of ether oxygens (including phenoxy) is 5. The standard InChI is InChI=1S/C46H53Cl2FN6O11/c1-30-36(47)6-3-8-40(30)64-23-24-66-45(61)55-11-4-18-65-41-33(5-2-7-39(41)55)32-27-50-54(28-32)29-34-37(48)25-31(26-38(34)49)42(56)51-46(44(59)60,10-13-53-16-21-63-22-17-53)35(43(57)58)9-12-52-14-19-62-20-15-52/h2-3,5-8,25-28,35H,4,9-24,29H2,1H3,(H,51,56)(H,57,58)(H,59,60)/t35?,46-/m0/s1. The van der Waals surface area contributed by atoms with Gasteiger partial charge in [0.25, 0.3) is 5.91 Å². The lowest BCUT2D eigenvalue weighted by Gasteiger charge is -2.39. The number of nitrogens with zero attached hydrogens (tertiary/aromatic N) is 5. The molecule has 0 spiro atoms. The van der Waals surface area contributed by atoms with Crippen LogP contribution in [0.3, 0.4) is 0 Å². The molecule has 2 saturated heterocycles. The number of carboxylic acids is 2. The molecule has 2 atom stereocenters. The summed E-state index contributed by atoms with van der Waals surface area (Å²) in [6.45, 7) is 6.82. The molecule has 0 saturated carbocycles. The van der Waals surface area contributed by atoms with Crippen LogP contribution < -0.4 is 19.7 Å². The fourth-order valence-electron chi connectivity index (χ4n) is 8.35. The average Bonchev–Trinajstić information content (AvgIpc) is 3.67. The van der Waals surface area contributed by atoms with Crippen LogP contribution in [0, 0.1) is 18.7 Å². The first-order valence-corrected chi connectivity index (χ1v) is 22.6. The van der Waals surface area contributed by atoms with Gasteiger partial charge in [0.05, 0.1) is 57.4 Å². The molecule has 0 radical (unpaired) electrons. The highest BCUT2D eigenvalue weighted by Crippen LogP contribution is 2.41. The van der Waals surface area contributed by atoms with Gasteiger partial charge in [-0.2, -0.15) is 5.10 Å². The summed E-state index contributed by atoms with van der Waals surface area (Å²) in [5, 5.41) is 28.7. The molecule has 1 aromatic heterocycles. The van der Waals surface area contributed by atoms with Crippen LogP contribution in [-0.4, -0.2) is 151 Å². The number of benzene rings is 3. The summed E-state index contributed by atoms with van der Waals surface area (Å²) in [5.41, 5.74) is -0.0405. The van der Waals surface area contributed by atoms with Crippen LogP contribution in [-0.2, 0) is 30.3 Å². The largest absolute Gasteiger partial charge is 0.491 e. The van der Waals surface area contributed by atoms with Crippen molar-refractivity contribution in [1.29, 1.82) is 0 Å². The normalized spacial score (nSPS) is 17.1. The van der Waals surface area contributed by atoms with Gasteiger partial charge in [0.2, 0.25) is 0 Å². The maximum atomic E-state index is 16.1. The summed E-state index contributed by atoms with van der Waals surface area (Å²) in [6, 6.07) is 12.8. The summed E-state index contributed by atoms with van der Waals surface area (Å²) in [5.74, 6) is -5.25. The first kappa shape index (κ1) is 48.4. The van der Waals surface area contributed by atoms with Gasteiger partial charge in [0.15, 0.2) is 11.3 Å². The number of fused-ring (bicyclic) bond motifs is 1. The smallest absolute Gasteiger partial charge is 0.414 e. The monoisotopic (exact) mass is 954 g/mol. The second kappa shape index (κ2) is 22.3. The van der Waals surface area contributed by atoms with Gasteiger partial charge < -0.3 is 39.2 Å². The number of anilines is 1. The van der Waals surface area contributed by atoms with Gasteiger partial charge in [0, 0.05) is 83.3 Å². The zero-order chi connectivity index (χ0) is 46.8. The van der Waals surface area contributed by atoms with Gasteiger partial charge in [-0.05, 0) is 63.1 Å². The van der Waals surface area contributed by atoms with E-state index in [1.54, 1.807) is 42.7 Å². The lowest BCUT2D eigenvalue weighted by Crippen LogP contribution is -2.63.